The van der Waals surface area contributed by atoms with Gasteiger partial charge in [-0.05, 0) is 6.42 Å². The van der Waals surface area contributed by atoms with Gasteiger partial charge in [-0.3, -0.25) is 4.79 Å². The summed E-state index contributed by atoms with van der Waals surface area (Å²) in [6.45, 7) is 2.77. The summed E-state index contributed by atoms with van der Waals surface area (Å²) in [5.74, 6) is -0.0619. The predicted molar refractivity (Wildman–Crippen MR) is 54.4 cm³/mol. The maximum atomic E-state index is 11.9. The van der Waals surface area contributed by atoms with Crippen molar-refractivity contribution >= 4 is 5.91 Å². The minimum Gasteiger partial charge on any atom is -0.386 e. The largest absolute Gasteiger partial charge is 0.386 e. The molecule has 15 heavy (non-hydrogen) atoms. The van der Waals surface area contributed by atoms with Crippen molar-refractivity contribution in [2.24, 2.45) is 7.05 Å². The molecule has 5 nitrogen and oxygen atoms in total. The minimum absolute atomic E-state index is 0.0619. The Morgan fingerprint density at radius 1 is 1.67 bits per heavy atom. The van der Waals surface area contributed by atoms with Crippen LogP contribution in [0.2, 0.25) is 0 Å². The first-order chi connectivity index (χ1) is 7.06. The lowest BCUT2D eigenvalue weighted by Gasteiger charge is -2.45. The SMILES string of the molecule is CCC1(O)CN(C(=O)c2cncn2C)C1. The number of likely N-dealkylation sites (tertiary alicyclic amines) is 1. The van der Waals surface area contributed by atoms with Crippen LogP contribution < -0.4 is 0 Å². The van der Waals surface area contributed by atoms with Crippen LogP contribution in [-0.4, -0.2) is 44.2 Å². The van der Waals surface area contributed by atoms with Crippen molar-refractivity contribution in [3.8, 4) is 0 Å². The average molecular weight is 209 g/mol. The van der Waals surface area contributed by atoms with E-state index in [0.29, 0.717) is 25.2 Å². The lowest BCUT2D eigenvalue weighted by molar-refractivity contribution is -0.0829. The molecule has 1 fully saturated rings. The number of β-amino-alcohol motifs (C(OH)–C–C–N with tert-alkyl or cyclic N) is 1. The highest BCUT2D eigenvalue weighted by atomic mass is 16.3. The first-order valence-electron chi connectivity index (χ1n) is 5.04. The molecule has 1 aromatic rings. The van der Waals surface area contributed by atoms with E-state index in [2.05, 4.69) is 4.98 Å². The van der Waals surface area contributed by atoms with Crippen LogP contribution >= 0.6 is 0 Å². The first kappa shape index (κ1) is 10.2. The van der Waals surface area contributed by atoms with Crippen LogP contribution in [-0.2, 0) is 7.05 Å². The Balaban J connectivity index is 2.04. The second kappa shape index (κ2) is 3.34. The van der Waals surface area contributed by atoms with E-state index in [1.807, 2.05) is 6.92 Å². The molecule has 0 radical (unpaired) electrons. The molecule has 1 aliphatic heterocycles. The van der Waals surface area contributed by atoms with Gasteiger partial charge in [0, 0.05) is 7.05 Å². The van der Waals surface area contributed by atoms with E-state index in [9.17, 15) is 9.90 Å². The molecule has 0 aromatic carbocycles. The zero-order valence-corrected chi connectivity index (χ0v) is 8.97. The van der Waals surface area contributed by atoms with Crippen LogP contribution in [0.5, 0.6) is 0 Å². The number of rotatable bonds is 2. The van der Waals surface area contributed by atoms with Gasteiger partial charge in [-0.15, -0.1) is 0 Å². The molecule has 1 amide bonds. The van der Waals surface area contributed by atoms with E-state index in [1.165, 1.54) is 0 Å². The van der Waals surface area contributed by atoms with Gasteiger partial charge in [0.25, 0.3) is 5.91 Å². The Bertz CT molecular complexity index is 380. The Morgan fingerprint density at radius 2 is 2.33 bits per heavy atom. The van der Waals surface area contributed by atoms with Gasteiger partial charge in [-0.2, -0.15) is 0 Å². The summed E-state index contributed by atoms with van der Waals surface area (Å²) < 4.78 is 1.69. The highest BCUT2D eigenvalue weighted by molar-refractivity contribution is 5.93. The molecule has 5 heteroatoms. The van der Waals surface area contributed by atoms with Gasteiger partial charge in [0.2, 0.25) is 0 Å². The van der Waals surface area contributed by atoms with E-state index >= 15 is 0 Å². The quantitative estimate of drug-likeness (QED) is 0.747. The van der Waals surface area contributed by atoms with E-state index in [4.69, 9.17) is 0 Å². The van der Waals surface area contributed by atoms with Crippen LogP contribution in [0.3, 0.4) is 0 Å². The lowest BCUT2D eigenvalue weighted by atomic mass is 9.91. The monoisotopic (exact) mass is 209 g/mol. The molecule has 0 saturated carbocycles. The molecule has 2 rings (SSSR count). The summed E-state index contributed by atoms with van der Waals surface area (Å²) in [6, 6.07) is 0. The van der Waals surface area contributed by atoms with Crippen LogP contribution in [0, 0.1) is 0 Å². The van der Waals surface area contributed by atoms with Crippen LogP contribution in [0.1, 0.15) is 23.8 Å². The Hall–Kier alpha value is -1.36. The van der Waals surface area contributed by atoms with Gasteiger partial charge in [0.1, 0.15) is 5.69 Å². The number of imidazole rings is 1. The molecule has 82 valence electrons. The number of aliphatic hydroxyl groups is 1. The second-order valence-corrected chi connectivity index (χ2v) is 4.13. The summed E-state index contributed by atoms with van der Waals surface area (Å²) >= 11 is 0. The number of hydrogen-bond acceptors (Lipinski definition) is 3. The number of carbonyl (C=O) groups is 1. The topological polar surface area (TPSA) is 58.4 Å². The molecule has 1 aliphatic rings. The smallest absolute Gasteiger partial charge is 0.272 e. The van der Waals surface area contributed by atoms with E-state index in [-0.39, 0.29) is 5.91 Å². The molecule has 0 unspecified atom stereocenters. The molecular formula is C10H15N3O2. The van der Waals surface area contributed by atoms with E-state index in [0.717, 1.165) is 0 Å². The molecule has 0 bridgehead atoms. The zero-order chi connectivity index (χ0) is 11.1. The maximum Gasteiger partial charge on any atom is 0.272 e. The van der Waals surface area contributed by atoms with Crippen molar-refractivity contribution < 1.29 is 9.90 Å². The minimum atomic E-state index is -0.672. The summed E-state index contributed by atoms with van der Waals surface area (Å²) in [4.78, 5) is 17.4. The fraction of sp³-hybridized carbons (Fsp3) is 0.600. The average Bonchev–Trinajstić information content (AvgIpc) is 2.58. The third-order valence-electron chi connectivity index (χ3n) is 2.95. The Kier molecular flexibility index (Phi) is 2.26. The number of carbonyl (C=O) groups excluding carboxylic acids is 1. The third-order valence-corrected chi connectivity index (χ3v) is 2.95. The highest BCUT2D eigenvalue weighted by Crippen LogP contribution is 2.25. The fourth-order valence-corrected chi connectivity index (χ4v) is 1.76. The highest BCUT2D eigenvalue weighted by Gasteiger charge is 2.42. The van der Waals surface area contributed by atoms with E-state index in [1.54, 1.807) is 29.0 Å². The van der Waals surface area contributed by atoms with Crippen LogP contribution in [0.15, 0.2) is 12.5 Å². The second-order valence-electron chi connectivity index (χ2n) is 4.13. The lowest BCUT2D eigenvalue weighted by Crippen LogP contribution is -2.63. The standard InChI is InChI=1S/C10H15N3O2/c1-3-10(15)5-13(6-10)9(14)8-4-11-7-12(8)2/h4,7,15H,3,5-6H2,1-2H3. The number of hydrogen-bond donors (Lipinski definition) is 1. The first-order valence-corrected chi connectivity index (χ1v) is 5.04. The zero-order valence-electron chi connectivity index (χ0n) is 8.97. The maximum absolute atomic E-state index is 11.9. The van der Waals surface area contributed by atoms with Crippen molar-refractivity contribution in [1.82, 2.24) is 14.5 Å². The van der Waals surface area contributed by atoms with E-state index < -0.39 is 5.60 Å². The Morgan fingerprint density at radius 3 is 2.80 bits per heavy atom. The third kappa shape index (κ3) is 1.63. The van der Waals surface area contributed by atoms with Crippen LogP contribution in [0.4, 0.5) is 0 Å². The molecule has 1 aromatic heterocycles. The molecule has 0 aliphatic carbocycles. The number of nitrogens with zero attached hydrogens (tertiary/aromatic N) is 3. The molecule has 2 heterocycles. The summed E-state index contributed by atoms with van der Waals surface area (Å²) in [7, 11) is 1.78. The van der Waals surface area contributed by atoms with Crippen molar-refractivity contribution in [1.29, 1.82) is 0 Å². The van der Waals surface area contributed by atoms with Gasteiger partial charge in [-0.1, -0.05) is 6.92 Å². The number of amides is 1. The molecule has 0 spiro atoms. The molecule has 1 N–H and O–H groups in total. The van der Waals surface area contributed by atoms with Crippen molar-refractivity contribution in [3.05, 3.63) is 18.2 Å². The van der Waals surface area contributed by atoms with Gasteiger partial charge in [0.15, 0.2) is 0 Å². The van der Waals surface area contributed by atoms with Crippen LogP contribution in [0.25, 0.3) is 0 Å². The Labute approximate surface area is 88.3 Å². The number of aryl methyl sites for hydroxylation is 1. The summed E-state index contributed by atoms with van der Waals surface area (Å²) in [5, 5.41) is 9.79. The molecular weight excluding hydrogens is 194 g/mol. The van der Waals surface area contributed by atoms with Gasteiger partial charge >= 0.3 is 0 Å². The van der Waals surface area contributed by atoms with Gasteiger partial charge in [0.05, 0.1) is 31.2 Å². The predicted octanol–water partition coefficient (Wildman–Crippen LogP) is 0.0170. The van der Waals surface area contributed by atoms with Crippen molar-refractivity contribution in [3.63, 3.8) is 0 Å². The molecule has 0 atom stereocenters. The van der Waals surface area contributed by atoms with Gasteiger partial charge in [-0.25, -0.2) is 4.98 Å². The fourth-order valence-electron chi connectivity index (χ4n) is 1.76. The normalized spacial score (nSPS) is 18.7. The number of aromatic nitrogens is 2. The summed E-state index contributed by atoms with van der Waals surface area (Å²) in [5.41, 5.74) is -0.109. The van der Waals surface area contributed by atoms with Crippen molar-refractivity contribution in [2.45, 2.75) is 18.9 Å². The van der Waals surface area contributed by atoms with Crippen molar-refractivity contribution in [2.75, 3.05) is 13.1 Å². The molecule has 1 saturated heterocycles. The van der Waals surface area contributed by atoms with Gasteiger partial charge < -0.3 is 14.6 Å². The summed E-state index contributed by atoms with van der Waals surface area (Å²) in [6.07, 6.45) is 3.83.